The van der Waals surface area contributed by atoms with E-state index in [1.165, 1.54) is 10.4 Å². The summed E-state index contributed by atoms with van der Waals surface area (Å²) in [6.07, 6.45) is 1.99. The average Bonchev–Trinajstić information content (AvgIpc) is 3.04. The number of hydrogen-bond acceptors (Lipinski definition) is 4. The fourth-order valence-electron chi connectivity index (χ4n) is 2.42. The normalized spacial score (nSPS) is 17.2. The molecule has 1 atom stereocenters. The second-order valence-corrected chi connectivity index (χ2v) is 6.74. The van der Waals surface area contributed by atoms with Crippen LogP contribution in [0.15, 0.2) is 30.5 Å². The molecular formula is C16H20N2OS. The largest absolute Gasteiger partial charge is 0.492 e. The summed E-state index contributed by atoms with van der Waals surface area (Å²) in [6.45, 7) is 7.11. The predicted molar refractivity (Wildman–Crippen MR) is 82.4 cm³/mol. The first kappa shape index (κ1) is 13.6. The molecule has 0 radical (unpaired) electrons. The molecule has 1 aliphatic rings. The van der Waals surface area contributed by atoms with Crippen LogP contribution in [0.5, 0.6) is 5.75 Å². The maximum atomic E-state index is 5.74. The van der Waals surface area contributed by atoms with Crippen molar-refractivity contribution in [3.63, 3.8) is 0 Å². The van der Waals surface area contributed by atoms with E-state index in [0.717, 1.165) is 23.8 Å². The quantitative estimate of drug-likeness (QED) is 0.915. The van der Waals surface area contributed by atoms with Crippen LogP contribution in [0.25, 0.3) is 0 Å². The Morgan fingerprint density at radius 2 is 2.25 bits per heavy atom. The second-order valence-electron chi connectivity index (χ2n) is 5.59. The van der Waals surface area contributed by atoms with E-state index in [2.05, 4.69) is 36.3 Å². The number of fused-ring (bicyclic) bond motifs is 1. The lowest BCUT2D eigenvalue weighted by atomic mass is 10.0. The molecule has 2 aromatic rings. The molecule has 3 rings (SSSR count). The van der Waals surface area contributed by atoms with Gasteiger partial charge in [-0.25, -0.2) is 4.98 Å². The van der Waals surface area contributed by atoms with Crippen molar-refractivity contribution in [2.24, 2.45) is 5.92 Å². The molecule has 1 unspecified atom stereocenters. The molecule has 1 aromatic carbocycles. The maximum Gasteiger partial charge on any atom is 0.123 e. The third-order valence-electron chi connectivity index (χ3n) is 3.42. The van der Waals surface area contributed by atoms with E-state index in [9.17, 15) is 0 Å². The summed E-state index contributed by atoms with van der Waals surface area (Å²) >= 11 is 1.79. The summed E-state index contributed by atoms with van der Waals surface area (Å²) in [4.78, 5) is 5.89. The molecule has 0 saturated carbocycles. The van der Waals surface area contributed by atoms with Gasteiger partial charge < -0.3 is 10.1 Å². The number of benzene rings is 1. The average molecular weight is 288 g/mol. The van der Waals surface area contributed by atoms with Crippen molar-refractivity contribution < 1.29 is 4.74 Å². The highest BCUT2D eigenvalue weighted by Crippen LogP contribution is 2.39. The molecule has 0 spiro atoms. The first-order chi connectivity index (χ1) is 9.74. The SMILES string of the molecule is CC(C)CNCc1cnc(C2COc3ccccc32)s1. The number of para-hydroxylation sites is 1. The fraction of sp³-hybridized carbons (Fsp3) is 0.438. The summed E-state index contributed by atoms with van der Waals surface area (Å²) in [7, 11) is 0. The van der Waals surface area contributed by atoms with Crippen LogP contribution in [0.4, 0.5) is 0 Å². The van der Waals surface area contributed by atoms with Crippen LogP contribution in [-0.4, -0.2) is 18.1 Å². The Hall–Kier alpha value is -1.39. The maximum absolute atomic E-state index is 5.74. The highest BCUT2D eigenvalue weighted by atomic mass is 32.1. The Labute approximate surface area is 124 Å². The number of nitrogens with zero attached hydrogens (tertiary/aromatic N) is 1. The van der Waals surface area contributed by atoms with Crippen molar-refractivity contribution in [2.75, 3.05) is 13.2 Å². The Morgan fingerprint density at radius 1 is 1.40 bits per heavy atom. The van der Waals surface area contributed by atoms with Crippen molar-refractivity contribution in [1.29, 1.82) is 0 Å². The van der Waals surface area contributed by atoms with E-state index in [-0.39, 0.29) is 0 Å². The highest BCUT2D eigenvalue weighted by Gasteiger charge is 2.27. The van der Waals surface area contributed by atoms with Gasteiger partial charge in [0.1, 0.15) is 17.4 Å². The minimum Gasteiger partial charge on any atom is -0.492 e. The number of nitrogens with one attached hydrogen (secondary N) is 1. The van der Waals surface area contributed by atoms with E-state index < -0.39 is 0 Å². The molecule has 1 aromatic heterocycles. The zero-order valence-electron chi connectivity index (χ0n) is 11.9. The lowest BCUT2D eigenvalue weighted by molar-refractivity contribution is 0.343. The van der Waals surface area contributed by atoms with Gasteiger partial charge >= 0.3 is 0 Å². The Balaban J connectivity index is 1.69. The lowest BCUT2D eigenvalue weighted by Crippen LogP contribution is -2.18. The number of thiazole rings is 1. The molecular weight excluding hydrogens is 268 g/mol. The molecule has 1 N–H and O–H groups in total. The van der Waals surface area contributed by atoms with Gasteiger partial charge in [0.2, 0.25) is 0 Å². The molecule has 0 fully saturated rings. The van der Waals surface area contributed by atoms with E-state index in [0.29, 0.717) is 18.4 Å². The fourth-order valence-corrected chi connectivity index (χ4v) is 3.41. The Morgan fingerprint density at radius 3 is 3.10 bits per heavy atom. The molecule has 0 amide bonds. The summed E-state index contributed by atoms with van der Waals surface area (Å²) in [5.74, 6) is 1.99. The molecule has 0 saturated heterocycles. The Bertz CT molecular complexity index is 579. The van der Waals surface area contributed by atoms with Gasteiger partial charge in [-0.1, -0.05) is 32.0 Å². The van der Waals surface area contributed by atoms with Gasteiger partial charge in [-0.05, 0) is 18.5 Å². The van der Waals surface area contributed by atoms with E-state index in [1.54, 1.807) is 11.3 Å². The molecule has 4 heteroatoms. The standard InChI is InChI=1S/C16H20N2OS/c1-11(2)7-17-8-12-9-18-16(20-12)14-10-19-15-6-4-3-5-13(14)15/h3-6,9,11,14,17H,7-8,10H2,1-2H3. The van der Waals surface area contributed by atoms with Crippen molar-refractivity contribution in [3.05, 3.63) is 45.9 Å². The van der Waals surface area contributed by atoms with Gasteiger partial charge in [0.25, 0.3) is 0 Å². The van der Waals surface area contributed by atoms with E-state index >= 15 is 0 Å². The van der Waals surface area contributed by atoms with Crippen LogP contribution in [0.2, 0.25) is 0 Å². The lowest BCUT2D eigenvalue weighted by Gasteiger charge is -2.05. The van der Waals surface area contributed by atoms with Gasteiger partial charge in [-0.15, -0.1) is 11.3 Å². The zero-order valence-corrected chi connectivity index (χ0v) is 12.7. The van der Waals surface area contributed by atoms with Crippen molar-refractivity contribution in [1.82, 2.24) is 10.3 Å². The minimum absolute atomic E-state index is 0.301. The van der Waals surface area contributed by atoms with Crippen LogP contribution in [-0.2, 0) is 6.54 Å². The van der Waals surface area contributed by atoms with E-state index in [1.807, 2.05) is 18.3 Å². The van der Waals surface area contributed by atoms with Gasteiger partial charge in [0.05, 0.1) is 5.92 Å². The molecule has 0 aliphatic carbocycles. The predicted octanol–water partition coefficient (Wildman–Crippen LogP) is 3.41. The van der Waals surface area contributed by atoms with Gasteiger partial charge in [-0.2, -0.15) is 0 Å². The number of ether oxygens (including phenoxy) is 1. The van der Waals surface area contributed by atoms with Crippen LogP contribution in [0, 0.1) is 5.92 Å². The summed E-state index contributed by atoms with van der Waals surface area (Å²) in [5, 5.41) is 4.63. The third-order valence-corrected chi connectivity index (χ3v) is 4.53. The van der Waals surface area contributed by atoms with Gasteiger partial charge in [0.15, 0.2) is 0 Å². The van der Waals surface area contributed by atoms with Crippen LogP contribution < -0.4 is 10.1 Å². The number of hydrogen-bond donors (Lipinski definition) is 1. The van der Waals surface area contributed by atoms with Crippen molar-refractivity contribution in [2.45, 2.75) is 26.3 Å². The van der Waals surface area contributed by atoms with Crippen LogP contribution in [0.1, 0.15) is 35.2 Å². The molecule has 0 bridgehead atoms. The van der Waals surface area contributed by atoms with Crippen LogP contribution >= 0.6 is 11.3 Å². The van der Waals surface area contributed by atoms with Crippen LogP contribution in [0.3, 0.4) is 0 Å². The summed E-state index contributed by atoms with van der Waals surface area (Å²) < 4.78 is 5.74. The second kappa shape index (κ2) is 5.94. The molecule has 3 nitrogen and oxygen atoms in total. The first-order valence-corrected chi connectivity index (χ1v) is 7.92. The summed E-state index contributed by atoms with van der Waals surface area (Å²) in [5.41, 5.74) is 1.27. The molecule has 2 heterocycles. The van der Waals surface area contributed by atoms with Gasteiger partial charge in [0, 0.05) is 23.2 Å². The number of rotatable bonds is 5. The monoisotopic (exact) mass is 288 g/mol. The molecule has 20 heavy (non-hydrogen) atoms. The van der Waals surface area contributed by atoms with Crippen molar-refractivity contribution in [3.8, 4) is 5.75 Å². The smallest absolute Gasteiger partial charge is 0.123 e. The Kier molecular flexibility index (Phi) is 4.03. The molecule has 1 aliphatic heterocycles. The third kappa shape index (κ3) is 2.86. The van der Waals surface area contributed by atoms with Crippen molar-refractivity contribution >= 4 is 11.3 Å². The summed E-state index contributed by atoms with van der Waals surface area (Å²) in [6, 6.07) is 8.27. The first-order valence-electron chi connectivity index (χ1n) is 7.11. The van der Waals surface area contributed by atoms with E-state index in [4.69, 9.17) is 4.74 Å². The zero-order chi connectivity index (χ0) is 13.9. The van der Waals surface area contributed by atoms with Gasteiger partial charge in [-0.3, -0.25) is 0 Å². The highest BCUT2D eigenvalue weighted by molar-refractivity contribution is 7.11. The number of aromatic nitrogens is 1. The minimum atomic E-state index is 0.301. The topological polar surface area (TPSA) is 34.2 Å². The molecule has 106 valence electrons.